The van der Waals surface area contributed by atoms with E-state index in [4.69, 9.17) is 9.52 Å². The molecule has 0 amide bonds. The van der Waals surface area contributed by atoms with E-state index in [1.165, 1.54) is 10.9 Å². The van der Waals surface area contributed by atoms with Gasteiger partial charge in [0.05, 0.1) is 6.04 Å². The number of aliphatic hydroxyl groups is 1. The molecular formula is C18H27NO2. The van der Waals surface area contributed by atoms with E-state index in [1.54, 1.807) is 0 Å². The molecule has 3 heteroatoms. The van der Waals surface area contributed by atoms with Crippen molar-refractivity contribution in [1.29, 1.82) is 0 Å². The van der Waals surface area contributed by atoms with Crippen molar-refractivity contribution in [2.75, 3.05) is 13.2 Å². The van der Waals surface area contributed by atoms with Crippen LogP contribution in [0.4, 0.5) is 0 Å². The van der Waals surface area contributed by atoms with Crippen LogP contribution in [0.5, 0.6) is 0 Å². The van der Waals surface area contributed by atoms with Gasteiger partial charge in [-0.15, -0.1) is 0 Å². The molecular weight excluding hydrogens is 262 g/mol. The molecule has 1 heterocycles. The van der Waals surface area contributed by atoms with Gasteiger partial charge >= 0.3 is 0 Å². The molecule has 0 aliphatic rings. The number of benzene rings is 1. The van der Waals surface area contributed by atoms with Crippen LogP contribution < -0.4 is 5.32 Å². The molecule has 2 aromatic rings. The molecule has 0 saturated heterocycles. The second-order valence-corrected chi connectivity index (χ2v) is 5.88. The molecule has 1 aromatic carbocycles. The van der Waals surface area contributed by atoms with Crippen LogP contribution in [-0.2, 0) is 0 Å². The van der Waals surface area contributed by atoms with Crippen LogP contribution >= 0.6 is 0 Å². The first-order valence-electron chi connectivity index (χ1n) is 7.99. The van der Waals surface area contributed by atoms with Crippen molar-refractivity contribution in [2.45, 2.75) is 46.1 Å². The van der Waals surface area contributed by atoms with Crippen LogP contribution in [0.2, 0.25) is 0 Å². The highest BCUT2D eigenvalue weighted by atomic mass is 16.3. The van der Waals surface area contributed by atoms with Gasteiger partial charge < -0.3 is 14.8 Å². The monoisotopic (exact) mass is 289 g/mol. The Morgan fingerprint density at radius 2 is 2.00 bits per heavy atom. The average Bonchev–Trinajstić information content (AvgIpc) is 2.83. The fourth-order valence-corrected chi connectivity index (χ4v) is 2.98. The normalized spacial score (nSPS) is 14.5. The van der Waals surface area contributed by atoms with Gasteiger partial charge in [-0.3, -0.25) is 0 Å². The first kappa shape index (κ1) is 16.1. The van der Waals surface area contributed by atoms with Crippen LogP contribution in [0.1, 0.15) is 50.5 Å². The van der Waals surface area contributed by atoms with Crippen LogP contribution in [0.3, 0.4) is 0 Å². The van der Waals surface area contributed by atoms with Gasteiger partial charge in [0.25, 0.3) is 0 Å². The Morgan fingerprint density at radius 3 is 2.67 bits per heavy atom. The van der Waals surface area contributed by atoms with E-state index in [0.717, 1.165) is 37.2 Å². The predicted octanol–water partition coefficient (Wildman–Crippen LogP) is 4.19. The molecule has 2 unspecified atom stereocenters. The summed E-state index contributed by atoms with van der Waals surface area (Å²) < 4.78 is 6.00. The number of hydrogen-bond donors (Lipinski definition) is 2. The maximum absolute atomic E-state index is 9.14. The second-order valence-electron chi connectivity index (χ2n) is 5.88. The molecule has 3 nitrogen and oxygen atoms in total. The maximum Gasteiger partial charge on any atom is 0.134 e. The molecule has 0 bridgehead atoms. The van der Waals surface area contributed by atoms with Crippen molar-refractivity contribution in [3.05, 3.63) is 35.6 Å². The van der Waals surface area contributed by atoms with E-state index < -0.39 is 0 Å². The summed E-state index contributed by atoms with van der Waals surface area (Å²) in [5.74, 6) is 1.56. The van der Waals surface area contributed by atoms with Crippen LogP contribution in [0.15, 0.2) is 28.7 Å². The Bertz CT molecular complexity index is 555. The third-order valence-electron chi connectivity index (χ3n) is 4.22. The van der Waals surface area contributed by atoms with Crippen molar-refractivity contribution >= 4 is 11.0 Å². The zero-order valence-corrected chi connectivity index (χ0v) is 13.4. The molecule has 2 atom stereocenters. The molecule has 0 saturated carbocycles. The SMILES string of the molecule is CCCC(CCO)CNC(C)c1oc2ccccc2c1C. The number of aryl methyl sites for hydroxylation is 1. The summed E-state index contributed by atoms with van der Waals surface area (Å²) in [5.41, 5.74) is 2.18. The summed E-state index contributed by atoms with van der Waals surface area (Å²) in [7, 11) is 0. The lowest BCUT2D eigenvalue weighted by atomic mass is 9.99. The Hall–Kier alpha value is -1.32. The highest BCUT2D eigenvalue weighted by molar-refractivity contribution is 5.82. The fraction of sp³-hybridized carbons (Fsp3) is 0.556. The van der Waals surface area contributed by atoms with Crippen molar-refractivity contribution in [1.82, 2.24) is 5.32 Å². The van der Waals surface area contributed by atoms with Gasteiger partial charge in [-0.1, -0.05) is 31.5 Å². The predicted molar refractivity (Wildman–Crippen MR) is 87.5 cm³/mol. The Morgan fingerprint density at radius 1 is 1.24 bits per heavy atom. The molecule has 0 spiro atoms. The third-order valence-corrected chi connectivity index (χ3v) is 4.22. The summed E-state index contributed by atoms with van der Waals surface area (Å²) >= 11 is 0. The number of rotatable bonds is 8. The van der Waals surface area contributed by atoms with Gasteiger partial charge in [-0.25, -0.2) is 0 Å². The number of furan rings is 1. The van der Waals surface area contributed by atoms with Gasteiger partial charge in [0.1, 0.15) is 11.3 Å². The molecule has 2 N–H and O–H groups in total. The number of para-hydroxylation sites is 1. The summed E-state index contributed by atoms with van der Waals surface area (Å²) in [5, 5.41) is 13.9. The standard InChI is InChI=1S/C18H27NO2/c1-4-7-15(10-11-20)12-19-14(3)18-13(2)16-8-5-6-9-17(16)21-18/h5-6,8-9,14-15,19-20H,4,7,10-12H2,1-3H3. The van der Waals surface area contributed by atoms with E-state index >= 15 is 0 Å². The smallest absolute Gasteiger partial charge is 0.134 e. The number of nitrogens with one attached hydrogen (secondary N) is 1. The summed E-state index contributed by atoms with van der Waals surface area (Å²) in [4.78, 5) is 0. The lowest BCUT2D eigenvalue weighted by molar-refractivity contribution is 0.244. The van der Waals surface area contributed by atoms with Gasteiger partial charge in [0, 0.05) is 12.0 Å². The van der Waals surface area contributed by atoms with Crippen LogP contribution in [0, 0.1) is 12.8 Å². The first-order chi connectivity index (χ1) is 10.2. The van der Waals surface area contributed by atoms with E-state index in [0.29, 0.717) is 5.92 Å². The lowest BCUT2D eigenvalue weighted by Gasteiger charge is -2.19. The van der Waals surface area contributed by atoms with E-state index in [-0.39, 0.29) is 12.6 Å². The van der Waals surface area contributed by atoms with Crippen molar-refractivity contribution in [2.24, 2.45) is 5.92 Å². The molecule has 0 fully saturated rings. The van der Waals surface area contributed by atoms with E-state index in [9.17, 15) is 0 Å². The van der Waals surface area contributed by atoms with Crippen LogP contribution in [0.25, 0.3) is 11.0 Å². The number of hydrogen-bond acceptors (Lipinski definition) is 3. The molecule has 116 valence electrons. The topological polar surface area (TPSA) is 45.4 Å². The molecule has 0 radical (unpaired) electrons. The zero-order chi connectivity index (χ0) is 15.2. The molecule has 0 aliphatic heterocycles. The summed E-state index contributed by atoms with van der Waals surface area (Å²) in [6, 6.07) is 8.37. The minimum absolute atomic E-state index is 0.190. The molecule has 21 heavy (non-hydrogen) atoms. The van der Waals surface area contributed by atoms with Crippen molar-refractivity contribution < 1.29 is 9.52 Å². The van der Waals surface area contributed by atoms with Crippen molar-refractivity contribution in [3.63, 3.8) is 0 Å². The Labute approximate surface area is 127 Å². The largest absolute Gasteiger partial charge is 0.459 e. The quantitative estimate of drug-likeness (QED) is 0.766. The molecule has 1 aromatic heterocycles. The van der Waals surface area contributed by atoms with Gasteiger partial charge in [0.15, 0.2) is 0 Å². The van der Waals surface area contributed by atoms with E-state index in [2.05, 4.69) is 32.2 Å². The molecule has 2 rings (SSSR count). The highest BCUT2D eigenvalue weighted by Crippen LogP contribution is 2.29. The summed E-state index contributed by atoms with van der Waals surface area (Å²) in [6.45, 7) is 7.65. The van der Waals surface area contributed by atoms with Crippen molar-refractivity contribution in [3.8, 4) is 0 Å². The Kier molecular flexibility index (Phi) is 5.83. The lowest BCUT2D eigenvalue weighted by Crippen LogP contribution is -2.26. The second kappa shape index (κ2) is 7.62. The van der Waals surface area contributed by atoms with Gasteiger partial charge in [-0.2, -0.15) is 0 Å². The maximum atomic E-state index is 9.14. The van der Waals surface area contributed by atoms with Crippen LogP contribution in [-0.4, -0.2) is 18.3 Å². The number of fused-ring (bicyclic) bond motifs is 1. The summed E-state index contributed by atoms with van der Waals surface area (Å²) in [6.07, 6.45) is 3.18. The fourth-order valence-electron chi connectivity index (χ4n) is 2.98. The Balaban J connectivity index is 2.04. The first-order valence-corrected chi connectivity index (χ1v) is 7.99. The van der Waals surface area contributed by atoms with Gasteiger partial charge in [-0.05, 0) is 50.8 Å². The minimum Gasteiger partial charge on any atom is -0.459 e. The number of aliphatic hydroxyl groups excluding tert-OH is 1. The molecule has 0 aliphatic carbocycles. The zero-order valence-electron chi connectivity index (χ0n) is 13.4. The van der Waals surface area contributed by atoms with E-state index in [1.807, 2.05) is 18.2 Å². The highest BCUT2D eigenvalue weighted by Gasteiger charge is 2.17. The minimum atomic E-state index is 0.190. The van der Waals surface area contributed by atoms with Gasteiger partial charge in [0.2, 0.25) is 0 Å². The average molecular weight is 289 g/mol. The third kappa shape index (κ3) is 3.86.